The number of ether oxygens (including phenoxy) is 1. The molecule has 0 atom stereocenters. The van der Waals surface area contributed by atoms with Crippen LogP contribution in [0, 0.1) is 5.82 Å². The van der Waals surface area contributed by atoms with E-state index in [1.165, 1.54) is 23.3 Å². The molecule has 0 fully saturated rings. The number of halogens is 1. The van der Waals surface area contributed by atoms with Crippen LogP contribution in [0.25, 0.3) is 16.7 Å². The molecule has 5 heteroatoms. The highest BCUT2D eigenvalue weighted by Gasteiger charge is 2.26. The number of hydrogen-bond acceptors (Lipinski definition) is 4. The molecule has 4 nitrogen and oxygen atoms in total. The van der Waals surface area contributed by atoms with Gasteiger partial charge in [-0.1, -0.05) is 12.1 Å². The van der Waals surface area contributed by atoms with Crippen LogP contribution in [0.1, 0.15) is 31.9 Å². The summed E-state index contributed by atoms with van der Waals surface area (Å²) in [5, 5.41) is 7.23. The summed E-state index contributed by atoms with van der Waals surface area (Å²) in [6, 6.07) is 17.3. The fraction of sp³-hybridized carbons (Fsp3) is 0.286. The molecule has 3 aromatic carbocycles. The van der Waals surface area contributed by atoms with E-state index in [2.05, 4.69) is 78.8 Å². The van der Waals surface area contributed by atoms with Crippen molar-refractivity contribution in [2.45, 2.75) is 32.9 Å². The number of nitrogens with one attached hydrogen (secondary N) is 2. The van der Waals surface area contributed by atoms with Gasteiger partial charge in [-0.3, -0.25) is 0 Å². The van der Waals surface area contributed by atoms with Gasteiger partial charge in [0, 0.05) is 54.9 Å². The van der Waals surface area contributed by atoms with E-state index in [0.29, 0.717) is 12.3 Å². The summed E-state index contributed by atoms with van der Waals surface area (Å²) in [7, 11) is 5.64. The number of nitrogens with zero attached hydrogens (tertiary/aromatic N) is 1. The van der Waals surface area contributed by atoms with Crippen LogP contribution in [0.3, 0.4) is 0 Å². The molecule has 0 saturated heterocycles. The summed E-state index contributed by atoms with van der Waals surface area (Å²) in [4.78, 5) is 2.08. The van der Waals surface area contributed by atoms with Gasteiger partial charge in [-0.05, 0) is 79.9 Å². The average molecular weight is 446 g/mol. The van der Waals surface area contributed by atoms with E-state index >= 15 is 0 Å². The molecule has 0 radical (unpaired) electrons. The van der Waals surface area contributed by atoms with E-state index in [4.69, 9.17) is 4.74 Å². The molecule has 33 heavy (non-hydrogen) atoms. The summed E-state index contributed by atoms with van der Waals surface area (Å²) in [6.45, 7) is 7.11. The van der Waals surface area contributed by atoms with Crippen LogP contribution in [-0.4, -0.2) is 26.7 Å². The second-order valence-electron chi connectivity index (χ2n) is 9.33. The molecular weight excluding hydrogens is 413 g/mol. The van der Waals surface area contributed by atoms with Gasteiger partial charge in [0.15, 0.2) is 0 Å². The highest BCUT2D eigenvalue weighted by atomic mass is 19.1. The summed E-state index contributed by atoms with van der Waals surface area (Å²) in [5.74, 6) is 0.214. The van der Waals surface area contributed by atoms with E-state index in [0.717, 1.165) is 33.8 Å². The van der Waals surface area contributed by atoms with Gasteiger partial charge in [-0.25, -0.2) is 4.39 Å². The van der Waals surface area contributed by atoms with E-state index in [9.17, 15) is 4.39 Å². The van der Waals surface area contributed by atoms with Crippen molar-refractivity contribution < 1.29 is 9.13 Å². The first-order chi connectivity index (χ1) is 15.7. The van der Waals surface area contributed by atoms with E-state index in [1.807, 2.05) is 14.1 Å². The van der Waals surface area contributed by atoms with Crippen LogP contribution in [0.15, 0.2) is 60.7 Å². The number of anilines is 3. The molecule has 1 aliphatic heterocycles. The molecule has 0 bridgehead atoms. The molecular formula is C28H32FN3O. The lowest BCUT2D eigenvalue weighted by Gasteiger charge is -2.33. The first-order valence-corrected chi connectivity index (χ1v) is 11.2. The molecule has 172 valence electrons. The normalized spacial score (nSPS) is 14.1. The molecule has 0 spiro atoms. The summed E-state index contributed by atoms with van der Waals surface area (Å²) < 4.78 is 19.5. The number of rotatable bonds is 6. The Morgan fingerprint density at radius 1 is 1.00 bits per heavy atom. The minimum absolute atomic E-state index is 0.126. The molecule has 3 aromatic rings. The van der Waals surface area contributed by atoms with Crippen molar-refractivity contribution in [2.24, 2.45) is 0 Å². The Morgan fingerprint density at radius 2 is 1.70 bits per heavy atom. The van der Waals surface area contributed by atoms with Crippen LogP contribution in [0.5, 0.6) is 5.75 Å². The second-order valence-corrected chi connectivity index (χ2v) is 9.33. The molecule has 4 rings (SSSR count). The maximum absolute atomic E-state index is 13.9. The van der Waals surface area contributed by atoms with Crippen molar-refractivity contribution in [1.82, 2.24) is 0 Å². The van der Waals surface area contributed by atoms with Crippen LogP contribution >= 0.6 is 0 Å². The highest BCUT2D eigenvalue weighted by molar-refractivity contribution is 5.88. The molecule has 0 amide bonds. The van der Waals surface area contributed by atoms with Gasteiger partial charge in [0.2, 0.25) is 0 Å². The van der Waals surface area contributed by atoms with Gasteiger partial charge in [0.1, 0.15) is 11.6 Å². The first kappa shape index (κ1) is 22.7. The molecule has 0 unspecified atom stereocenters. The minimum Gasteiger partial charge on any atom is -0.496 e. The Morgan fingerprint density at radius 3 is 2.36 bits per heavy atom. The fourth-order valence-electron chi connectivity index (χ4n) is 4.59. The molecule has 0 aromatic heterocycles. The zero-order valence-electron chi connectivity index (χ0n) is 20.2. The van der Waals surface area contributed by atoms with Gasteiger partial charge in [-0.15, -0.1) is 0 Å². The lowest BCUT2D eigenvalue weighted by atomic mass is 9.85. The number of allylic oxidation sites excluding steroid dienone is 1. The SMILES string of the molecule is COc1cc(F)ccc1-c1ccc2c(c1CNc1ccc(N(C)C)cc1)C(C)=CC(C)(C)N2. The Labute approximate surface area is 196 Å². The molecule has 1 heterocycles. The summed E-state index contributed by atoms with van der Waals surface area (Å²) in [5.41, 5.74) is 8.61. The molecule has 2 N–H and O–H groups in total. The zero-order chi connectivity index (χ0) is 23.8. The average Bonchev–Trinajstić information content (AvgIpc) is 2.76. The van der Waals surface area contributed by atoms with Crippen LogP contribution in [0.2, 0.25) is 0 Å². The monoisotopic (exact) mass is 445 g/mol. The van der Waals surface area contributed by atoms with Crippen molar-refractivity contribution in [1.29, 1.82) is 0 Å². The van der Waals surface area contributed by atoms with Gasteiger partial charge in [0.25, 0.3) is 0 Å². The third-order valence-corrected chi connectivity index (χ3v) is 6.05. The maximum atomic E-state index is 13.9. The molecule has 0 saturated carbocycles. The lowest BCUT2D eigenvalue weighted by Crippen LogP contribution is -2.32. The third kappa shape index (κ3) is 4.68. The summed E-state index contributed by atoms with van der Waals surface area (Å²) >= 11 is 0. The smallest absolute Gasteiger partial charge is 0.129 e. The van der Waals surface area contributed by atoms with Crippen molar-refractivity contribution in [3.05, 3.63) is 77.6 Å². The zero-order valence-corrected chi connectivity index (χ0v) is 20.2. The Kier molecular flexibility index (Phi) is 6.07. The lowest BCUT2D eigenvalue weighted by molar-refractivity contribution is 0.413. The van der Waals surface area contributed by atoms with E-state index < -0.39 is 0 Å². The maximum Gasteiger partial charge on any atom is 0.129 e. The highest BCUT2D eigenvalue weighted by Crippen LogP contribution is 2.42. The van der Waals surface area contributed by atoms with Gasteiger partial charge < -0.3 is 20.3 Å². The van der Waals surface area contributed by atoms with Gasteiger partial charge in [0.05, 0.1) is 12.6 Å². The predicted octanol–water partition coefficient (Wildman–Crippen LogP) is 6.79. The second kappa shape index (κ2) is 8.81. The number of fused-ring (bicyclic) bond motifs is 1. The number of hydrogen-bond donors (Lipinski definition) is 2. The van der Waals surface area contributed by atoms with Crippen LogP contribution in [-0.2, 0) is 6.54 Å². The standard InChI is InChI=1S/C28H32FN3O/c1-18-16-28(2,3)31-25-14-13-22(23-12-7-19(29)15-26(23)33-6)24(27(18)25)17-30-20-8-10-21(11-9-20)32(4)5/h7-16,30-31H,17H2,1-6H3. The predicted molar refractivity (Wildman–Crippen MR) is 138 cm³/mol. The number of benzene rings is 3. The van der Waals surface area contributed by atoms with Crippen LogP contribution in [0.4, 0.5) is 21.5 Å². The quantitative estimate of drug-likeness (QED) is 0.438. The Balaban J connectivity index is 1.80. The molecule has 1 aliphatic rings. The third-order valence-electron chi connectivity index (χ3n) is 6.05. The topological polar surface area (TPSA) is 36.5 Å². The Bertz CT molecular complexity index is 1200. The van der Waals surface area contributed by atoms with E-state index in [1.54, 1.807) is 13.2 Å². The van der Waals surface area contributed by atoms with Crippen molar-refractivity contribution in [2.75, 3.05) is 36.7 Å². The van der Waals surface area contributed by atoms with Crippen molar-refractivity contribution >= 4 is 22.6 Å². The Hall–Kier alpha value is -3.47. The molecule has 0 aliphatic carbocycles. The van der Waals surface area contributed by atoms with Gasteiger partial charge >= 0.3 is 0 Å². The minimum atomic E-state index is -0.311. The first-order valence-electron chi connectivity index (χ1n) is 11.2. The van der Waals surface area contributed by atoms with E-state index in [-0.39, 0.29) is 11.4 Å². The van der Waals surface area contributed by atoms with Gasteiger partial charge in [-0.2, -0.15) is 0 Å². The fourth-order valence-corrected chi connectivity index (χ4v) is 4.59. The van der Waals surface area contributed by atoms with Crippen molar-refractivity contribution in [3.8, 4) is 16.9 Å². The number of methoxy groups -OCH3 is 1. The van der Waals surface area contributed by atoms with Crippen molar-refractivity contribution in [3.63, 3.8) is 0 Å². The summed E-state index contributed by atoms with van der Waals surface area (Å²) in [6.07, 6.45) is 2.26. The van der Waals surface area contributed by atoms with Crippen LogP contribution < -0.4 is 20.3 Å². The largest absolute Gasteiger partial charge is 0.496 e.